The summed E-state index contributed by atoms with van der Waals surface area (Å²) in [6.45, 7) is 0. The molecule has 0 spiro atoms. The van der Waals surface area contributed by atoms with Crippen LogP contribution in [0.3, 0.4) is 0 Å². The second-order valence-electron chi connectivity index (χ2n) is 2.61. The summed E-state index contributed by atoms with van der Waals surface area (Å²) < 4.78 is 59.9. The minimum absolute atomic E-state index is 0. The van der Waals surface area contributed by atoms with Gasteiger partial charge in [-0.2, -0.15) is 7.05 Å². The predicted molar refractivity (Wildman–Crippen MR) is 58.1 cm³/mol. The van der Waals surface area contributed by atoms with Gasteiger partial charge in [0, 0.05) is 46.8 Å². The van der Waals surface area contributed by atoms with E-state index < -0.39 is 36.3 Å². The van der Waals surface area contributed by atoms with Gasteiger partial charge in [-0.3, -0.25) is 4.55 Å². The molecule has 0 aromatic carbocycles. The van der Waals surface area contributed by atoms with E-state index in [9.17, 15) is 16.8 Å². The zero-order valence-corrected chi connectivity index (χ0v) is 21.3. The molecule has 0 aromatic rings. The molecule has 0 bridgehead atoms. The van der Waals surface area contributed by atoms with Gasteiger partial charge >= 0.3 is 0 Å². The Balaban J connectivity index is -0.000000980. The van der Waals surface area contributed by atoms with Gasteiger partial charge in [-0.05, 0) is 0 Å². The SMILES string of the molecule is C[N-]S(=O)(=O)CS(=O)(=NS(=O)O)N(C)C.[Rf].[Y]. The minimum atomic E-state index is -3.90. The van der Waals surface area contributed by atoms with Crippen molar-refractivity contribution in [3.63, 3.8) is 0 Å². The molecular weight excluding hydrogens is 622 g/mol. The first-order valence-electron chi connectivity index (χ1n) is 3.50. The monoisotopic (exact) mass is 634 g/mol. The zero-order valence-electron chi connectivity index (χ0n) is 9.64. The second kappa shape index (κ2) is 8.19. The summed E-state index contributed by atoms with van der Waals surface area (Å²) in [5.74, 6) is 0. The van der Waals surface area contributed by atoms with Gasteiger partial charge < -0.3 is 4.72 Å². The Morgan fingerprint density at radius 1 is 1.35 bits per heavy atom. The molecule has 0 fully saturated rings. The summed E-state index contributed by atoms with van der Waals surface area (Å²) in [4.78, 5) is 0. The van der Waals surface area contributed by atoms with Crippen LogP contribution in [0.4, 0.5) is 0 Å². The Hall–Kier alpha value is 0.0339. The first-order valence-corrected chi connectivity index (χ1v) is 7.81. The van der Waals surface area contributed by atoms with Gasteiger partial charge in [0.25, 0.3) is 11.3 Å². The molecule has 17 heavy (non-hydrogen) atoms. The third-order valence-electron chi connectivity index (χ3n) is 1.33. The molecule has 0 amide bonds. The average molecular weight is 634 g/mol. The van der Waals surface area contributed by atoms with Gasteiger partial charge in [0.1, 0.15) is 15.0 Å². The number of rotatable bonds is 5. The average Bonchev–Trinajstić information content (AvgIpc) is 2.01. The van der Waals surface area contributed by atoms with E-state index in [-0.39, 0.29) is 32.7 Å². The number of hydrogen-bond donors (Lipinski definition) is 1. The Labute approximate surface area is 123 Å². The fourth-order valence-electron chi connectivity index (χ4n) is 0.540. The van der Waals surface area contributed by atoms with E-state index >= 15 is 0 Å². The van der Waals surface area contributed by atoms with Crippen LogP contribution in [0.5, 0.6) is 0 Å². The van der Waals surface area contributed by atoms with Gasteiger partial charge in [0.15, 0.2) is 0 Å². The summed E-state index contributed by atoms with van der Waals surface area (Å²) in [5, 5.41) is -0.907. The van der Waals surface area contributed by atoms with E-state index in [2.05, 4.69) is 8.49 Å². The van der Waals surface area contributed by atoms with Crippen molar-refractivity contribution >= 4 is 31.2 Å². The van der Waals surface area contributed by atoms with Gasteiger partial charge in [-0.15, -0.1) is 0 Å². The van der Waals surface area contributed by atoms with E-state index in [1.54, 1.807) is 0 Å². The number of nitrogens with zero attached hydrogens (tertiary/aromatic N) is 3. The van der Waals surface area contributed by atoms with E-state index in [4.69, 9.17) is 4.55 Å². The molecule has 0 aromatic heterocycles. The van der Waals surface area contributed by atoms with Crippen LogP contribution >= 0.6 is 0 Å². The van der Waals surface area contributed by atoms with Crippen LogP contribution in [0.15, 0.2) is 3.77 Å². The fraction of sp³-hybridized carbons (Fsp3) is 1.00. The molecule has 0 aliphatic heterocycles. The summed E-state index contributed by atoms with van der Waals surface area (Å²) in [6.07, 6.45) is 0. The van der Waals surface area contributed by atoms with Crippen molar-refractivity contribution in [3.05, 3.63) is 4.72 Å². The number of sulfonamides is 1. The maximum absolute atomic E-state index is 11.8. The van der Waals surface area contributed by atoms with Crippen molar-refractivity contribution < 1.29 is 54.1 Å². The van der Waals surface area contributed by atoms with Crippen LogP contribution in [0.25, 0.3) is 4.72 Å². The van der Waals surface area contributed by atoms with Crippen molar-refractivity contribution in [1.82, 2.24) is 4.31 Å². The molecule has 2 unspecified atom stereocenters. The standard InChI is InChI=1S/C4H12N3O5S3.Rf.Y/c1-5-15(11,12)4-14(10,7(2)3)6-13(8)9;;/h4H2,1-3H3,(H,8,9);;/q-1;;. The van der Waals surface area contributed by atoms with Crippen molar-refractivity contribution in [1.29, 1.82) is 0 Å². The molecule has 8 nitrogen and oxygen atoms in total. The number of hydrogen-bond acceptors (Lipinski definition) is 4. The summed E-state index contributed by atoms with van der Waals surface area (Å²) in [5.41, 5.74) is 0. The van der Waals surface area contributed by atoms with E-state index in [1.165, 1.54) is 14.1 Å². The Morgan fingerprint density at radius 2 is 1.76 bits per heavy atom. The normalized spacial score (nSPS) is 16.3. The molecular formula is C4H12N3O5RfS3Y-. The zero-order chi connectivity index (χ0) is 12.3. The fourth-order valence-corrected chi connectivity index (χ4v) is 5.25. The molecule has 1 N–H and O–H groups in total. The molecule has 0 saturated carbocycles. The van der Waals surface area contributed by atoms with Crippen LogP contribution in [0.2, 0.25) is 0 Å². The van der Waals surface area contributed by atoms with Gasteiger partial charge in [-0.25, -0.2) is 21.1 Å². The van der Waals surface area contributed by atoms with Gasteiger partial charge in [-0.1, -0.05) is 3.77 Å². The first-order chi connectivity index (χ1) is 6.63. The van der Waals surface area contributed by atoms with Crippen LogP contribution < -0.4 is 0 Å². The Bertz CT molecular complexity index is 457. The third-order valence-corrected chi connectivity index (χ3v) is 6.89. The maximum atomic E-state index is 11.8. The predicted octanol–water partition coefficient (Wildman–Crippen LogP) is -0.644. The molecule has 2 atom stereocenters. The molecule has 0 aliphatic carbocycles. The molecule has 0 aliphatic rings. The topological polar surface area (TPSA) is 118 Å². The van der Waals surface area contributed by atoms with Crippen molar-refractivity contribution in [2.45, 2.75) is 0 Å². The summed E-state index contributed by atoms with van der Waals surface area (Å²) in [6, 6.07) is 0. The van der Waals surface area contributed by atoms with Crippen LogP contribution in [-0.2, 0) is 63.9 Å². The quantitative estimate of drug-likeness (QED) is 0.404. The van der Waals surface area contributed by atoms with Crippen molar-refractivity contribution in [3.8, 4) is 0 Å². The Morgan fingerprint density at radius 3 is 2.00 bits per heavy atom. The third kappa shape index (κ3) is 7.87. The smallest absolute Gasteiger partial charge is 0.291 e. The van der Waals surface area contributed by atoms with Gasteiger partial charge in [0.05, 0.1) is 10.0 Å². The largest absolute Gasteiger partial charge is 0.551 e. The molecule has 0 saturated heterocycles. The van der Waals surface area contributed by atoms with E-state index in [0.29, 0.717) is 0 Å². The van der Waals surface area contributed by atoms with E-state index in [1.807, 2.05) is 0 Å². The van der Waals surface area contributed by atoms with Crippen molar-refractivity contribution in [2.24, 2.45) is 3.77 Å². The summed E-state index contributed by atoms with van der Waals surface area (Å²) >= 11 is -2.69. The van der Waals surface area contributed by atoms with Crippen LogP contribution in [0.1, 0.15) is 0 Å². The molecule has 0 rings (SSSR count). The Kier molecular flexibility index (Phi) is 10.7. The van der Waals surface area contributed by atoms with Gasteiger partial charge in [0.2, 0.25) is 0 Å². The molecule has 97 valence electrons. The van der Waals surface area contributed by atoms with E-state index in [0.717, 1.165) is 11.4 Å². The molecule has 0 heterocycles. The summed E-state index contributed by atoms with van der Waals surface area (Å²) in [7, 11) is -3.73. The second-order valence-corrected chi connectivity index (χ2v) is 8.08. The molecule has 1 radical (unpaired) electrons. The van der Waals surface area contributed by atoms with Crippen molar-refractivity contribution in [2.75, 3.05) is 26.2 Å². The van der Waals surface area contributed by atoms with Crippen LogP contribution in [-0.4, -0.2) is 51.9 Å². The molecule has 13 heteroatoms. The first kappa shape index (κ1) is 22.2. The van der Waals surface area contributed by atoms with Crippen LogP contribution in [0, 0.1) is 0 Å². The maximum Gasteiger partial charge on any atom is 0.291 e. The minimum Gasteiger partial charge on any atom is -0.551 e.